The van der Waals surface area contributed by atoms with Crippen LogP contribution in [0.4, 0.5) is 5.69 Å². The molecule has 4 aromatic rings. The van der Waals surface area contributed by atoms with Crippen molar-refractivity contribution in [3.8, 4) is 5.75 Å². The van der Waals surface area contributed by atoms with E-state index < -0.39 is 22.5 Å². The minimum absolute atomic E-state index is 0.0763. The van der Waals surface area contributed by atoms with Crippen LogP contribution in [0.1, 0.15) is 29.7 Å². The van der Waals surface area contributed by atoms with E-state index in [9.17, 15) is 18.0 Å². The van der Waals surface area contributed by atoms with Crippen LogP contribution in [0.2, 0.25) is 0 Å². The van der Waals surface area contributed by atoms with Crippen molar-refractivity contribution in [3.63, 3.8) is 0 Å². The Hall–Kier alpha value is -4.96. The number of anilines is 1. The number of rotatable bonds is 12. The lowest BCUT2D eigenvalue weighted by Crippen LogP contribution is -2.39. The maximum atomic E-state index is 13.4. The van der Waals surface area contributed by atoms with Crippen LogP contribution in [-0.4, -0.2) is 39.6 Å². The SMILES string of the molecule is Cc1ccc(N(CC(=O)N/N=C\c2ccc(OCC(=O)N[C@H](C)c3ccccc3)cc2)S(=O)(=O)c2ccccc2)cc1. The van der Waals surface area contributed by atoms with E-state index in [0.717, 1.165) is 15.4 Å². The highest BCUT2D eigenvalue weighted by molar-refractivity contribution is 7.92. The van der Waals surface area contributed by atoms with Gasteiger partial charge in [-0.3, -0.25) is 13.9 Å². The largest absolute Gasteiger partial charge is 0.484 e. The lowest BCUT2D eigenvalue weighted by atomic mass is 10.1. The standard InChI is InChI=1S/C32H32N4O5S/c1-24-13-17-28(18-14-24)36(42(39,40)30-11-7-4-8-12-30)22-31(37)35-33-21-26-15-19-29(20-16-26)41-23-32(38)34-25(2)27-9-5-3-6-10-27/h3-21,25H,22-23H2,1-2H3,(H,34,38)(H,35,37)/b33-21-/t25-/m1/s1. The van der Waals surface area contributed by atoms with E-state index in [-0.39, 0.29) is 23.5 Å². The fourth-order valence-corrected chi connectivity index (χ4v) is 5.44. The van der Waals surface area contributed by atoms with Crippen molar-refractivity contribution in [1.29, 1.82) is 0 Å². The number of hydrazone groups is 1. The van der Waals surface area contributed by atoms with Crippen molar-refractivity contribution in [1.82, 2.24) is 10.7 Å². The van der Waals surface area contributed by atoms with Crippen LogP contribution in [-0.2, 0) is 19.6 Å². The van der Waals surface area contributed by atoms with Crippen LogP contribution in [0, 0.1) is 6.92 Å². The molecule has 4 aromatic carbocycles. The highest BCUT2D eigenvalue weighted by Gasteiger charge is 2.27. The summed E-state index contributed by atoms with van der Waals surface area (Å²) in [5, 5.41) is 6.87. The maximum absolute atomic E-state index is 13.4. The number of benzene rings is 4. The van der Waals surface area contributed by atoms with Crippen LogP contribution < -0.4 is 19.8 Å². The van der Waals surface area contributed by atoms with Crippen LogP contribution >= 0.6 is 0 Å². The Morgan fingerprint density at radius 2 is 1.48 bits per heavy atom. The van der Waals surface area contributed by atoms with Crippen LogP contribution in [0.15, 0.2) is 119 Å². The molecule has 0 radical (unpaired) electrons. The highest BCUT2D eigenvalue weighted by Crippen LogP contribution is 2.24. The third kappa shape index (κ3) is 8.28. The summed E-state index contributed by atoms with van der Waals surface area (Å²) in [5.41, 5.74) is 5.38. The number of sulfonamides is 1. The molecule has 42 heavy (non-hydrogen) atoms. The summed E-state index contributed by atoms with van der Waals surface area (Å²) < 4.78 is 33.4. The molecule has 0 aliphatic rings. The molecule has 0 aliphatic carbocycles. The molecule has 0 fully saturated rings. The van der Waals surface area contributed by atoms with Gasteiger partial charge in [0.2, 0.25) is 0 Å². The summed E-state index contributed by atoms with van der Waals surface area (Å²) in [6.45, 7) is 3.20. The zero-order valence-corrected chi connectivity index (χ0v) is 24.1. The predicted octanol–water partition coefficient (Wildman–Crippen LogP) is 4.60. The second-order valence-corrected chi connectivity index (χ2v) is 11.4. The Bertz CT molecular complexity index is 1610. The maximum Gasteiger partial charge on any atom is 0.264 e. The van der Waals surface area contributed by atoms with E-state index >= 15 is 0 Å². The van der Waals surface area contributed by atoms with Crippen molar-refractivity contribution in [2.45, 2.75) is 24.8 Å². The van der Waals surface area contributed by atoms with Crippen LogP contribution in [0.5, 0.6) is 5.75 Å². The number of ether oxygens (including phenoxy) is 1. The van der Waals surface area contributed by atoms with Gasteiger partial charge in [-0.2, -0.15) is 5.10 Å². The van der Waals surface area contributed by atoms with Crippen molar-refractivity contribution in [2.75, 3.05) is 17.5 Å². The van der Waals surface area contributed by atoms with Gasteiger partial charge >= 0.3 is 0 Å². The fourth-order valence-electron chi connectivity index (χ4n) is 4.00. The first-order valence-electron chi connectivity index (χ1n) is 13.3. The lowest BCUT2D eigenvalue weighted by Gasteiger charge is -2.23. The second-order valence-electron chi connectivity index (χ2n) is 9.51. The first-order chi connectivity index (χ1) is 20.2. The average molecular weight is 585 g/mol. The van der Waals surface area contributed by atoms with Crippen LogP contribution in [0.25, 0.3) is 0 Å². The number of carbonyl (C=O) groups is 2. The Kier molecular flexibility index (Phi) is 10.1. The van der Waals surface area contributed by atoms with Gasteiger partial charge < -0.3 is 10.1 Å². The lowest BCUT2D eigenvalue weighted by molar-refractivity contribution is -0.123. The Morgan fingerprint density at radius 1 is 0.857 bits per heavy atom. The number of amides is 2. The van der Waals surface area contributed by atoms with Gasteiger partial charge in [-0.15, -0.1) is 0 Å². The topological polar surface area (TPSA) is 117 Å². The molecule has 4 rings (SSSR count). The third-order valence-electron chi connectivity index (χ3n) is 6.27. The summed E-state index contributed by atoms with van der Waals surface area (Å²) in [7, 11) is -4.00. The zero-order valence-electron chi connectivity index (χ0n) is 23.3. The van der Waals surface area contributed by atoms with E-state index in [1.54, 1.807) is 66.7 Å². The van der Waals surface area contributed by atoms with E-state index in [0.29, 0.717) is 17.0 Å². The molecule has 0 bridgehead atoms. The summed E-state index contributed by atoms with van der Waals surface area (Å²) in [5.74, 6) is -0.353. The summed E-state index contributed by atoms with van der Waals surface area (Å²) in [6.07, 6.45) is 1.43. The fraction of sp³-hybridized carbons (Fsp3) is 0.156. The molecule has 0 spiro atoms. The normalized spacial score (nSPS) is 12.0. The number of nitrogens with one attached hydrogen (secondary N) is 2. The molecule has 0 saturated carbocycles. The number of carbonyl (C=O) groups excluding carboxylic acids is 2. The molecule has 2 N–H and O–H groups in total. The van der Waals surface area contributed by atoms with E-state index in [1.165, 1.54) is 18.3 Å². The Morgan fingerprint density at radius 3 is 2.12 bits per heavy atom. The number of aryl methyl sites for hydroxylation is 1. The zero-order chi connectivity index (χ0) is 30.0. The Labute approximate surface area is 245 Å². The van der Waals surface area contributed by atoms with Gasteiger partial charge in [0.15, 0.2) is 6.61 Å². The quantitative estimate of drug-likeness (QED) is 0.187. The molecule has 0 aromatic heterocycles. The Balaban J connectivity index is 1.32. The average Bonchev–Trinajstić information content (AvgIpc) is 3.01. The first kappa shape index (κ1) is 30.0. The molecule has 10 heteroatoms. The molecule has 0 unspecified atom stereocenters. The third-order valence-corrected chi connectivity index (χ3v) is 8.06. The molecule has 0 heterocycles. The van der Waals surface area contributed by atoms with Crippen molar-refractivity contribution < 1.29 is 22.7 Å². The van der Waals surface area contributed by atoms with Crippen molar-refractivity contribution in [2.24, 2.45) is 5.10 Å². The molecule has 9 nitrogen and oxygen atoms in total. The van der Waals surface area contributed by atoms with Gasteiger partial charge in [0.25, 0.3) is 21.8 Å². The molecule has 0 aliphatic heterocycles. The van der Waals surface area contributed by atoms with Gasteiger partial charge in [-0.05, 0) is 73.5 Å². The van der Waals surface area contributed by atoms with E-state index in [2.05, 4.69) is 15.8 Å². The number of hydrogen-bond acceptors (Lipinski definition) is 6. The van der Waals surface area contributed by atoms with E-state index in [4.69, 9.17) is 4.74 Å². The summed E-state index contributed by atoms with van der Waals surface area (Å²) in [6, 6.07) is 31.1. The molecule has 2 amide bonds. The van der Waals surface area contributed by atoms with Gasteiger partial charge in [0.1, 0.15) is 12.3 Å². The predicted molar refractivity (Wildman–Crippen MR) is 163 cm³/mol. The molecule has 0 saturated heterocycles. The minimum Gasteiger partial charge on any atom is -0.484 e. The highest BCUT2D eigenvalue weighted by atomic mass is 32.2. The smallest absolute Gasteiger partial charge is 0.264 e. The van der Waals surface area contributed by atoms with Gasteiger partial charge in [0.05, 0.1) is 22.8 Å². The van der Waals surface area contributed by atoms with Gasteiger partial charge in [-0.1, -0.05) is 66.2 Å². The minimum atomic E-state index is -4.00. The monoisotopic (exact) mass is 584 g/mol. The van der Waals surface area contributed by atoms with E-state index in [1.807, 2.05) is 44.2 Å². The molecular weight excluding hydrogens is 552 g/mol. The molecule has 1 atom stereocenters. The first-order valence-corrected chi connectivity index (χ1v) is 14.7. The van der Waals surface area contributed by atoms with Gasteiger partial charge in [0, 0.05) is 0 Å². The number of nitrogens with zero attached hydrogens (tertiary/aromatic N) is 2. The second kappa shape index (κ2) is 14.1. The molecular formula is C32H32N4O5S. The van der Waals surface area contributed by atoms with Crippen molar-refractivity contribution >= 4 is 33.7 Å². The summed E-state index contributed by atoms with van der Waals surface area (Å²) >= 11 is 0. The summed E-state index contributed by atoms with van der Waals surface area (Å²) in [4.78, 5) is 25.1. The van der Waals surface area contributed by atoms with Gasteiger partial charge in [-0.25, -0.2) is 13.8 Å². The molecule has 216 valence electrons. The number of hydrogen-bond donors (Lipinski definition) is 2. The van der Waals surface area contributed by atoms with Crippen LogP contribution in [0.3, 0.4) is 0 Å². The van der Waals surface area contributed by atoms with Crippen molar-refractivity contribution in [3.05, 3.63) is 126 Å².